The van der Waals surface area contributed by atoms with Crippen LogP contribution in [-0.2, 0) is 7.05 Å². The quantitative estimate of drug-likeness (QED) is 0.778. The Kier molecular flexibility index (Phi) is 3.39. The van der Waals surface area contributed by atoms with Gasteiger partial charge >= 0.3 is 0 Å². The van der Waals surface area contributed by atoms with E-state index >= 15 is 0 Å². The van der Waals surface area contributed by atoms with Crippen molar-refractivity contribution < 1.29 is 0 Å². The summed E-state index contributed by atoms with van der Waals surface area (Å²) in [6.45, 7) is 2.30. The van der Waals surface area contributed by atoms with Crippen LogP contribution in [0.1, 0.15) is 32.1 Å². The number of fused-ring (bicyclic) bond motifs is 3. The van der Waals surface area contributed by atoms with Crippen LogP contribution in [0, 0.1) is 0 Å². The van der Waals surface area contributed by atoms with E-state index in [4.69, 9.17) is 0 Å². The summed E-state index contributed by atoms with van der Waals surface area (Å²) in [4.78, 5) is 13.6. The standard InChI is InChI=1S/C21H26N6/c1-25-11-14(10-23-25)19-9-18-20(7-8-22-21(18)24-19)26-12-16-5-6-17(13-26)27(16)15-3-2-4-15/h7-11,15-17H,2-6,12-13H2,1H3,(H,22,24)/t16-,17?/m0/s1. The van der Waals surface area contributed by atoms with Crippen LogP contribution in [-0.4, -0.2) is 55.9 Å². The third-order valence-electron chi connectivity index (χ3n) is 6.90. The highest BCUT2D eigenvalue weighted by atomic mass is 15.3. The fraction of sp³-hybridized carbons (Fsp3) is 0.524. The number of rotatable bonds is 3. The molecule has 0 spiro atoms. The van der Waals surface area contributed by atoms with Gasteiger partial charge in [0.15, 0.2) is 0 Å². The van der Waals surface area contributed by atoms with Crippen LogP contribution in [0.3, 0.4) is 0 Å². The zero-order valence-electron chi connectivity index (χ0n) is 15.8. The number of H-pyrrole nitrogens is 1. The van der Waals surface area contributed by atoms with Crippen LogP contribution in [0.5, 0.6) is 0 Å². The highest BCUT2D eigenvalue weighted by molar-refractivity contribution is 5.93. The molecular formula is C21H26N6. The van der Waals surface area contributed by atoms with Crippen molar-refractivity contribution in [3.8, 4) is 11.3 Å². The van der Waals surface area contributed by atoms with Gasteiger partial charge in [0, 0.05) is 67.3 Å². The minimum atomic E-state index is 0.731. The molecule has 1 unspecified atom stereocenters. The van der Waals surface area contributed by atoms with E-state index in [0.29, 0.717) is 0 Å². The van der Waals surface area contributed by atoms with Crippen molar-refractivity contribution in [2.75, 3.05) is 18.0 Å². The zero-order valence-corrected chi connectivity index (χ0v) is 15.8. The molecule has 2 atom stereocenters. The average Bonchev–Trinajstić information content (AvgIpc) is 3.29. The number of nitrogens with zero attached hydrogens (tertiary/aromatic N) is 5. The summed E-state index contributed by atoms with van der Waals surface area (Å²) in [5, 5.41) is 5.53. The second-order valence-corrected chi connectivity index (χ2v) is 8.50. The predicted octanol–water partition coefficient (Wildman–Crippen LogP) is 3.17. The molecule has 0 aromatic carbocycles. The molecule has 2 saturated heterocycles. The highest BCUT2D eigenvalue weighted by Gasteiger charge is 2.44. The molecule has 3 aliphatic rings. The van der Waals surface area contributed by atoms with E-state index in [1.807, 2.05) is 30.3 Å². The topological polar surface area (TPSA) is 53.0 Å². The van der Waals surface area contributed by atoms with E-state index < -0.39 is 0 Å². The van der Waals surface area contributed by atoms with E-state index in [9.17, 15) is 0 Å². The highest BCUT2D eigenvalue weighted by Crippen LogP contribution is 2.40. The molecule has 3 fully saturated rings. The van der Waals surface area contributed by atoms with E-state index in [1.54, 1.807) is 0 Å². The van der Waals surface area contributed by atoms with Crippen LogP contribution >= 0.6 is 0 Å². The lowest BCUT2D eigenvalue weighted by Gasteiger charge is -2.48. The number of piperazine rings is 1. The monoisotopic (exact) mass is 362 g/mol. The molecule has 140 valence electrons. The Bertz CT molecular complexity index is 970. The first-order valence-corrected chi connectivity index (χ1v) is 10.3. The van der Waals surface area contributed by atoms with Gasteiger partial charge in [-0.05, 0) is 37.8 Å². The lowest BCUT2D eigenvalue weighted by atomic mass is 9.89. The van der Waals surface area contributed by atoms with Gasteiger partial charge in [-0.2, -0.15) is 5.10 Å². The average molecular weight is 362 g/mol. The summed E-state index contributed by atoms with van der Waals surface area (Å²) in [5.74, 6) is 0. The number of nitrogens with one attached hydrogen (secondary N) is 1. The van der Waals surface area contributed by atoms with Crippen molar-refractivity contribution in [3.05, 3.63) is 30.7 Å². The minimum Gasteiger partial charge on any atom is -0.368 e. The van der Waals surface area contributed by atoms with Crippen molar-refractivity contribution in [1.82, 2.24) is 24.6 Å². The van der Waals surface area contributed by atoms with Gasteiger partial charge in [-0.1, -0.05) is 6.42 Å². The second kappa shape index (κ2) is 5.83. The first-order valence-electron chi connectivity index (χ1n) is 10.3. The Labute approximate surface area is 159 Å². The minimum absolute atomic E-state index is 0.731. The van der Waals surface area contributed by atoms with E-state index in [0.717, 1.165) is 48.1 Å². The van der Waals surface area contributed by atoms with Crippen LogP contribution in [0.4, 0.5) is 5.69 Å². The van der Waals surface area contributed by atoms with Gasteiger partial charge in [0.05, 0.1) is 11.9 Å². The van der Waals surface area contributed by atoms with E-state index in [1.165, 1.54) is 43.2 Å². The summed E-state index contributed by atoms with van der Waals surface area (Å²) in [6.07, 6.45) is 12.9. The number of hydrogen-bond donors (Lipinski definition) is 1. The van der Waals surface area contributed by atoms with Crippen LogP contribution in [0.2, 0.25) is 0 Å². The summed E-state index contributed by atoms with van der Waals surface area (Å²) in [5.41, 5.74) is 4.50. The summed E-state index contributed by atoms with van der Waals surface area (Å²) in [6, 6.07) is 6.77. The third-order valence-corrected chi connectivity index (χ3v) is 6.90. The van der Waals surface area contributed by atoms with Crippen molar-refractivity contribution in [1.29, 1.82) is 0 Å². The smallest absolute Gasteiger partial charge is 0.139 e. The molecule has 0 radical (unpaired) electrons. The number of hydrogen-bond acceptors (Lipinski definition) is 4. The van der Waals surface area contributed by atoms with Gasteiger partial charge < -0.3 is 9.88 Å². The molecular weight excluding hydrogens is 336 g/mol. The molecule has 6 rings (SSSR count). The first kappa shape index (κ1) is 15.7. The molecule has 1 N–H and O–H groups in total. The molecule has 27 heavy (non-hydrogen) atoms. The maximum atomic E-state index is 4.59. The Balaban J connectivity index is 1.34. The van der Waals surface area contributed by atoms with Crippen molar-refractivity contribution >= 4 is 16.7 Å². The Morgan fingerprint density at radius 1 is 1.07 bits per heavy atom. The molecule has 0 amide bonds. The summed E-state index contributed by atoms with van der Waals surface area (Å²) >= 11 is 0. The van der Waals surface area contributed by atoms with Gasteiger partial charge in [0.2, 0.25) is 0 Å². The molecule has 3 aromatic rings. The maximum absolute atomic E-state index is 4.59. The normalized spacial score (nSPS) is 26.0. The third kappa shape index (κ3) is 2.42. The molecule has 2 bridgehead atoms. The number of aromatic amines is 1. The van der Waals surface area contributed by atoms with Gasteiger partial charge in [0.25, 0.3) is 0 Å². The predicted molar refractivity (Wildman–Crippen MR) is 107 cm³/mol. The summed E-state index contributed by atoms with van der Waals surface area (Å²) in [7, 11) is 1.95. The lowest BCUT2D eigenvalue weighted by Crippen LogP contribution is -2.58. The molecule has 5 heterocycles. The Morgan fingerprint density at radius 3 is 2.56 bits per heavy atom. The van der Waals surface area contributed by atoms with Gasteiger partial charge in [-0.15, -0.1) is 0 Å². The van der Waals surface area contributed by atoms with E-state index in [-0.39, 0.29) is 0 Å². The SMILES string of the molecule is Cn1cc(-c2cc3c(N4CC5CC[C@@H](C4)N5C4CCC4)ccnc3[nH]2)cn1. The van der Waals surface area contributed by atoms with Crippen LogP contribution in [0.25, 0.3) is 22.3 Å². The molecule has 2 aliphatic heterocycles. The number of anilines is 1. The maximum Gasteiger partial charge on any atom is 0.139 e. The van der Waals surface area contributed by atoms with Crippen molar-refractivity contribution in [2.24, 2.45) is 7.05 Å². The molecule has 1 saturated carbocycles. The van der Waals surface area contributed by atoms with E-state index in [2.05, 4.69) is 37.0 Å². The number of aryl methyl sites for hydroxylation is 1. The van der Waals surface area contributed by atoms with Crippen molar-refractivity contribution in [3.63, 3.8) is 0 Å². The first-order chi connectivity index (χ1) is 13.3. The van der Waals surface area contributed by atoms with Gasteiger partial charge in [0.1, 0.15) is 5.65 Å². The fourth-order valence-electron chi connectivity index (χ4n) is 5.42. The zero-order chi connectivity index (χ0) is 18.0. The summed E-state index contributed by atoms with van der Waals surface area (Å²) < 4.78 is 1.84. The largest absolute Gasteiger partial charge is 0.368 e. The molecule has 3 aromatic heterocycles. The fourth-order valence-corrected chi connectivity index (χ4v) is 5.42. The number of pyridine rings is 1. The molecule has 1 aliphatic carbocycles. The Morgan fingerprint density at radius 2 is 1.89 bits per heavy atom. The van der Waals surface area contributed by atoms with Crippen LogP contribution in [0.15, 0.2) is 30.7 Å². The Hall–Kier alpha value is -2.34. The number of aromatic nitrogens is 4. The second-order valence-electron chi connectivity index (χ2n) is 8.50. The molecule has 6 nitrogen and oxygen atoms in total. The van der Waals surface area contributed by atoms with Gasteiger partial charge in [-0.25, -0.2) is 4.98 Å². The van der Waals surface area contributed by atoms with Crippen molar-refractivity contribution in [2.45, 2.75) is 50.2 Å². The van der Waals surface area contributed by atoms with Gasteiger partial charge in [-0.3, -0.25) is 9.58 Å². The molecule has 6 heteroatoms. The lowest BCUT2D eigenvalue weighted by molar-refractivity contribution is 0.0627. The van der Waals surface area contributed by atoms with Crippen LogP contribution < -0.4 is 4.90 Å².